The van der Waals surface area contributed by atoms with Crippen LogP contribution in [0.2, 0.25) is 0 Å². The Balaban J connectivity index is 1.18. The fourth-order valence-electron chi connectivity index (χ4n) is 11.3. The second-order valence-corrected chi connectivity index (χ2v) is 24.9. The van der Waals surface area contributed by atoms with Crippen LogP contribution in [-0.2, 0) is 23.7 Å². The molecule has 8 aromatic rings. The van der Waals surface area contributed by atoms with E-state index in [1.54, 1.807) is 0 Å². The van der Waals surface area contributed by atoms with Gasteiger partial charge in [0.1, 0.15) is 0 Å². The van der Waals surface area contributed by atoms with E-state index in [1.807, 2.05) is 34.0 Å². The number of benzene rings is 5. The highest BCUT2D eigenvalue weighted by Crippen LogP contribution is 2.67. The largest absolute Gasteiger partial charge is 0.134 e. The van der Waals surface area contributed by atoms with Crippen LogP contribution in [0.4, 0.5) is 0 Å². The molecular weight excluding hydrogens is 977 g/mol. The number of halogens is 2. The Morgan fingerprint density at radius 2 is 0.846 bits per heavy atom. The molecule has 332 valence electrons. The highest BCUT2D eigenvalue weighted by atomic mass is 79.9. The molecule has 5 aromatic carbocycles. The third-order valence-corrected chi connectivity index (χ3v) is 19.3. The monoisotopic (exact) mass is 1030 g/mol. The van der Waals surface area contributed by atoms with Gasteiger partial charge >= 0.3 is 0 Å². The quantitative estimate of drug-likeness (QED) is 0.0752. The SMILES string of the molecule is CCCCCCCCc1ccc(C2(c3ccc(C)cc3)c3cc4c(cc3-c3sc(Br)cc32)C(c2ccc(C)cc2)(c2ccc(CCCCCCCC)cc2)c2c-4sc3cc(Br)sc23)cc1. The Labute approximate surface area is 416 Å². The summed E-state index contributed by atoms with van der Waals surface area (Å²) in [6.45, 7) is 9.03. The van der Waals surface area contributed by atoms with Crippen molar-refractivity contribution in [3.05, 3.63) is 196 Å². The van der Waals surface area contributed by atoms with Crippen LogP contribution in [0, 0.1) is 13.8 Å². The molecule has 0 N–H and O–H groups in total. The Morgan fingerprint density at radius 1 is 0.415 bits per heavy atom. The summed E-state index contributed by atoms with van der Waals surface area (Å²) in [7, 11) is 0. The van der Waals surface area contributed by atoms with E-state index in [0.717, 1.165) is 12.8 Å². The van der Waals surface area contributed by atoms with E-state index in [4.69, 9.17) is 0 Å². The van der Waals surface area contributed by atoms with Gasteiger partial charge in [0.05, 0.1) is 23.1 Å². The van der Waals surface area contributed by atoms with Crippen LogP contribution in [-0.4, -0.2) is 0 Å². The second kappa shape index (κ2) is 19.2. The summed E-state index contributed by atoms with van der Waals surface area (Å²) >= 11 is 13.8. The van der Waals surface area contributed by atoms with Crippen molar-refractivity contribution < 1.29 is 0 Å². The van der Waals surface area contributed by atoms with Crippen molar-refractivity contribution in [3.8, 4) is 20.9 Å². The van der Waals surface area contributed by atoms with Crippen molar-refractivity contribution in [1.29, 1.82) is 0 Å². The Bertz CT molecular complexity index is 2930. The summed E-state index contributed by atoms with van der Waals surface area (Å²) in [4.78, 5) is 2.79. The molecular formula is C60H60Br2S3. The normalized spacial score (nSPS) is 17.1. The van der Waals surface area contributed by atoms with Crippen molar-refractivity contribution in [1.82, 2.24) is 0 Å². The summed E-state index contributed by atoms with van der Waals surface area (Å²) in [6.07, 6.45) is 18.1. The van der Waals surface area contributed by atoms with Gasteiger partial charge in [0.15, 0.2) is 0 Å². The molecule has 0 nitrogen and oxygen atoms in total. The highest BCUT2D eigenvalue weighted by molar-refractivity contribution is 9.11. The molecule has 0 spiro atoms. The molecule has 5 heteroatoms. The van der Waals surface area contributed by atoms with E-state index >= 15 is 0 Å². The molecule has 10 rings (SSSR count). The minimum Gasteiger partial charge on any atom is -0.134 e. The maximum atomic E-state index is 4.05. The molecule has 0 fully saturated rings. The maximum absolute atomic E-state index is 4.05. The Kier molecular flexibility index (Phi) is 13.4. The van der Waals surface area contributed by atoms with Crippen LogP contribution in [0.25, 0.3) is 30.3 Å². The van der Waals surface area contributed by atoms with Gasteiger partial charge in [-0.25, -0.2) is 0 Å². The molecule has 2 aliphatic rings. The number of fused-ring (bicyclic) bond motifs is 8. The molecule has 3 aromatic heterocycles. The summed E-state index contributed by atoms with van der Waals surface area (Å²) in [5, 5.41) is 0. The van der Waals surface area contributed by atoms with Gasteiger partial charge in [-0.05, 0) is 157 Å². The fourth-order valence-corrected chi connectivity index (χ4v) is 16.4. The lowest BCUT2D eigenvalue weighted by Crippen LogP contribution is -2.30. The first-order valence-electron chi connectivity index (χ1n) is 24.3. The summed E-state index contributed by atoms with van der Waals surface area (Å²) < 4.78 is 5.14. The van der Waals surface area contributed by atoms with Crippen molar-refractivity contribution in [2.45, 2.75) is 128 Å². The molecule has 0 bridgehead atoms. The lowest BCUT2D eigenvalue weighted by Gasteiger charge is -2.35. The van der Waals surface area contributed by atoms with E-state index in [-0.39, 0.29) is 0 Å². The van der Waals surface area contributed by atoms with Gasteiger partial charge in [-0.2, -0.15) is 0 Å². The lowest BCUT2D eigenvalue weighted by atomic mass is 9.65. The van der Waals surface area contributed by atoms with E-state index in [2.05, 4.69) is 181 Å². The van der Waals surface area contributed by atoms with E-state index in [0.29, 0.717) is 0 Å². The minimum absolute atomic E-state index is 0.472. The molecule has 0 amide bonds. The third-order valence-electron chi connectivity index (χ3n) is 14.7. The first kappa shape index (κ1) is 45.2. The van der Waals surface area contributed by atoms with Crippen LogP contribution in [0.5, 0.6) is 0 Å². The topological polar surface area (TPSA) is 0 Å². The van der Waals surface area contributed by atoms with Crippen molar-refractivity contribution >= 4 is 75.3 Å². The van der Waals surface area contributed by atoms with Crippen LogP contribution in [0.3, 0.4) is 0 Å². The molecule has 0 aliphatic heterocycles. The number of unbranched alkanes of at least 4 members (excludes halogenated alkanes) is 10. The van der Waals surface area contributed by atoms with Crippen molar-refractivity contribution in [2.24, 2.45) is 0 Å². The van der Waals surface area contributed by atoms with Gasteiger partial charge in [0.25, 0.3) is 0 Å². The predicted molar refractivity (Wildman–Crippen MR) is 291 cm³/mol. The lowest BCUT2D eigenvalue weighted by molar-refractivity contribution is 0.607. The number of aryl methyl sites for hydroxylation is 4. The van der Waals surface area contributed by atoms with Crippen LogP contribution < -0.4 is 0 Å². The number of thiophene rings is 3. The second-order valence-electron chi connectivity index (χ2n) is 18.9. The van der Waals surface area contributed by atoms with Gasteiger partial charge in [0.2, 0.25) is 0 Å². The average Bonchev–Trinajstić information content (AvgIpc) is 4.10. The van der Waals surface area contributed by atoms with Crippen LogP contribution in [0.15, 0.2) is 129 Å². The summed E-state index contributed by atoms with van der Waals surface area (Å²) in [5.74, 6) is 0. The van der Waals surface area contributed by atoms with Crippen LogP contribution in [0.1, 0.15) is 158 Å². The van der Waals surface area contributed by atoms with Crippen LogP contribution >= 0.6 is 65.9 Å². The first-order valence-corrected chi connectivity index (χ1v) is 28.4. The average molecular weight is 1040 g/mol. The van der Waals surface area contributed by atoms with E-state index in [1.165, 1.54) is 182 Å². The van der Waals surface area contributed by atoms with E-state index in [9.17, 15) is 0 Å². The predicted octanol–water partition coefficient (Wildman–Crippen LogP) is 19.7. The smallest absolute Gasteiger partial charge is 0.0736 e. The zero-order valence-electron chi connectivity index (χ0n) is 38.4. The summed E-state index contributed by atoms with van der Waals surface area (Å²) in [5.41, 5.74) is 18.2. The third kappa shape index (κ3) is 8.01. The molecule has 2 aliphatic carbocycles. The molecule has 2 atom stereocenters. The van der Waals surface area contributed by atoms with Crippen molar-refractivity contribution in [2.75, 3.05) is 0 Å². The molecule has 0 saturated heterocycles. The molecule has 65 heavy (non-hydrogen) atoms. The van der Waals surface area contributed by atoms with Gasteiger partial charge < -0.3 is 0 Å². The van der Waals surface area contributed by atoms with Gasteiger partial charge in [-0.3, -0.25) is 0 Å². The van der Waals surface area contributed by atoms with Crippen molar-refractivity contribution in [3.63, 3.8) is 0 Å². The number of hydrogen-bond acceptors (Lipinski definition) is 3. The number of hydrogen-bond donors (Lipinski definition) is 0. The first-order chi connectivity index (χ1) is 31.8. The Hall–Kier alpha value is -3.58. The fraction of sp³-hybridized carbons (Fsp3) is 0.333. The Morgan fingerprint density at radius 3 is 1.37 bits per heavy atom. The highest BCUT2D eigenvalue weighted by Gasteiger charge is 2.53. The number of rotatable bonds is 18. The molecule has 2 unspecified atom stereocenters. The molecule has 0 radical (unpaired) electrons. The van der Waals surface area contributed by atoms with Gasteiger partial charge in [0, 0.05) is 20.0 Å². The maximum Gasteiger partial charge on any atom is 0.0736 e. The standard InChI is InChI=1S/C60H60Br2S3/c1-5-7-9-11-13-15-17-41-23-31-44(32-24-41)59(43-27-19-39(3)20-28-43)49-36-48-50(35-47(49)56-51(59)37-53(61)64-56)60(45-29-21-40(4)22-30-45,55-57(48)63-52-38-54(62)65-58(52)55)46-33-25-42(26-34-46)18-16-14-12-10-8-6-2/h19-38H,5-18H2,1-4H3. The van der Waals surface area contributed by atoms with E-state index < -0.39 is 10.8 Å². The molecule has 3 heterocycles. The molecule has 0 saturated carbocycles. The summed E-state index contributed by atoms with van der Waals surface area (Å²) in [6, 6.07) is 48.8. The van der Waals surface area contributed by atoms with Gasteiger partial charge in [-0.1, -0.05) is 186 Å². The minimum atomic E-state index is -0.490. The zero-order valence-corrected chi connectivity index (χ0v) is 44.0. The zero-order chi connectivity index (χ0) is 44.7. The van der Waals surface area contributed by atoms with Gasteiger partial charge in [-0.15, -0.1) is 34.0 Å².